The summed E-state index contributed by atoms with van der Waals surface area (Å²) in [6.07, 6.45) is 0. The maximum absolute atomic E-state index is 9.04. The van der Waals surface area contributed by atoms with E-state index in [4.69, 9.17) is 9.32 Å². The summed E-state index contributed by atoms with van der Waals surface area (Å²) in [5, 5.41) is 22.4. The van der Waals surface area contributed by atoms with Gasteiger partial charge < -0.3 is 5.21 Å². The summed E-state index contributed by atoms with van der Waals surface area (Å²) in [5.74, 6) is -0.122. The fourth-order valence-corrected chi connectivity index (χ4v) is 1.16. The van der Waals surface area contributed by atoms with Crippen molar-refractivity contribution in [2.75, 3.05) is 0 Å². The van der Waals surface area contributed by atoms with Gasteiger partial charge in [0.25, 0.3) is 0 Å². The molecule has 2 rings (SSSR count). The minimum absolute atomic E-state index is 0.00303. The normalized spacial score (nSPS) is 15.5. The van der Waals surface area contributed by atoms with E-state index in [1.807, 2.05) is 0 Å². The molecule has 1 aromatic heterocycles. The molecule has 0 spiro atoms. The first-order chi connectivity index (χ1) is 8.54. The molecule has 1 N–H and O–H groups in total. The van der Waals surface area contributed by atoms with E-state index in [2.05, 4.69) is 20.7 Å². The molecule has 0 aliphatic heterocycles. The van der Waals surface area contributed by atoms with Gasteiger partial charge in [0.05, 0.1) is 0 Å². The van der Waals surface area contributed by atoms with Gasteiger partial charge in [-0.1, -0.05) is 35.5 Å². The zero-order chi connectivity index (χ0) is 13.2. The Morgan fingerprint density at radius 3 is 2.93 bits per heavy atom. The Balaban J connectivity index is 2.52. The fourth-order valence-electron chi connectivity index (χ4n) is 1.16. The van der Waals surface area contributed by atoms with Crippen molar-refractivity contribution in [1.29, 1.82) is 0 Å². The number of benzene rings is 1. The van der Waals surface area contributed by atoms with E-state index in [1.165, 1.54) is 0 Å². The van der Waals surface area contributed by atoms with E-state index in [9.17, 15) is 0 Å². The number of rotatable bonds is 2. The Morgan fingerprint density at radius 2 is 2.27 bits per heavy atom. The highest BCUT2D eigenvalue weighted by atomic mass is 16.4. The maximum Gasteiger partial charge on any atom is 0.204 e. The van der Waals surface area contributed by atoms with Crippen LogP contribution in [0.1, 0.15) is 15.5 Å². The molecule has 15 heavy (non-hydrogen) atoms. The first kappa shape index (κ1) is 6.28. The molecule has 2 aromatic rings. The molecular weight excluding hydrogens is 194 g/mol. The quantitative estimate of drug-likeness (QED) is 0.439. The van der Waals surface area contributed by atoms with Crippen molar-refractivity contribution in [2.24, 2.45) is 12.1 Å². The van der Waals surface area contributed by atoms with E-state index < -0.39 is 6.98 Å². The summed E-state index contributed by atoms with van der Waals surface area (Å²) in [4.78, 5) is 0. The predicted octanol–water partition coefficient (Wildman–Crippen LogP) is 0.437. The first-order valence-electron chi connectivity index (χ1n) is 5.61. The van der Waals surface area contributed by atoms with Crippen molar-refractivity contribution in [3.8, 4) is 0 Å². The number of aromatic nitrogens is 4. The van der Waals surface area contributed by atoms with Crippen molar-refractivity contribution in [1.82, 2.24) is 20.2 Å². The van der Waals surface area contributed by atoms with E-state index in [0.29, 0.717) is 10.2 Å². The average Bonchev–Trinajstić information content (AvgIpc) is 2.80. The topological polar surface area (TPSA) is 76.2 Å². The van der Waals surface area contributed by atoms with Crippen LogP contribution in [-0.2, 0) is 6.98 Å². The minimum atomic E-state index is -2.54. The molecule has 0 aliphatic rings. The molecular formula is C9H9N5O. The Morgan fingerprint density at radius 1 is 1.47 bits per heavy atom. The van der Waals surface area contributed by atoms with Gasteiger partial charge in [-0.3, -0.25) is 0 Å². The molecule has 0 amide bonds. The third-order valence-electron chi connectivity index (χ3n) is 1.83. The third kappa shape index (κ3) is 1.69. The molecule has 6 nitrogen and oxygen atoms in total. The van der Waals surface area contributed by atoms with Crippen LogP contribution in [0, 0.1) is 0 Å². The van der Waals surface area contributed by atoms with Crippen LogP contribution >= 0.6 is 0 Å². The molecule has 0 fully saturated rings. The highest BCUT2D eigenvalue weighted by Gasteiger charge is 2.13. The largest absolute Gasteiger partial charge is 0.410 e. The predicted molar refractivity (Wildman–Crippen MR) is 52.7 cm³/mol. The van der Waals surface area contributed by atoms with E-state index in [1.54, 1.807) is 30.3 Å². The van der Waals surface area contributed by atoms with Gasteiger partial charge in [-0.15, -0.1) is 5.10 Å². The van der Waals surface area contributed by atoms with Gasteiger partial charge >= 0.3 is 0 Å². The summed E-state index contributed by atoms with van der Waals surface area (Å²) in [6, 6.07) is 8.56. The monoisotopic (exact) mass is 206 g/mol. The van der Waals surface area contributed by atoms with Crippen LogP contribution in [0.2, 0.25) is 0 Å². The number of nitrogens with zero attached hydrogens (tertiary/aromatic N) is 5. The van der Waals surface area contributed by atoms with E-state index in [0.717, 1.165) is 0 Å². The number of aryl methyl sites for hydroxylation is 1. The van der Waals surface area contributed by atoms with Crippen LogP contribution in [0.4, 0.5) is 0 Å². The molecule has 6 heteroatoms. The van der Waals surface area contributed by atoms with E-state index >= 15 is 0 Å². The lowest BCUT2D eigenvalue weighted by atomic mass is 10.1. The van der Waals surface area contributed by atoms with Crippen LogP contribution in [0.25, 0.3) is 0 Å². The van der Waals surface area contributed by atoms with Crippen LogP contribution in [0.5, 0.6) is 0 Å². The Bertz CT molecular complexity index is 563. The summed E-state index contributed by atoms with van der Waals surface area (Å²) >= 11 is 0. The van der Waals surface area contributed by atoms with Crippen LogP contribution in [0.15, 0.2) is 35.5 Å². The van der Waals surface area contributed by atoms with Crippen molar-refractivity contribution in [2.45, 2.75) is 0 Å². The maximum atomic E-state index is 9.04. The smallest absolute Gasteiger partial charge is 0.204 e. The summed E-state index contributed by atoms with van der Waals surface area (Å²) in [7, 11) is 0. The lowest BCUT2D eigenvalue weighted by molar-refractivity contribution is 0.319. The Hall–Kier alpha value is -2.24. The molecule has 0 radical (unpaired) electrons. The van der Waals surface area contributed by atoms with Gasteiger partial charge in [0.1, 0.15) is 0 Å². The SMILES string of the molecule is [2H]C([2H])([2H])n1nnnc1C(=NO)c1ccccc1. The molecule has 1 aromatic carbocycles. The minimum Gasteiger partial charge on any atom is -0.410 e. The molecule has 0 saturated heterocycles. The Labute approximate surface area is 90.1 Å². The van der Waals surface area contributed by atoms with Gasteiger partial charge in [0.15, 0.2) is 5.71 Å². The lowest BCUT2D eigenvalue weighted by Gasteiger charge is -2.01. The standard InChI is InChI=1S/C9H9N5O/c1-14-9(10-12-13-14)8(11-15)7-5-3-2-4-6-7/h2-6,15H,1H3/i1D3. The van der Waals surface area contributed by atoms with Gasteiger partial charge in [-0.25, -0.2) is 4.68 Å². The summed E-state index contributed by atoms with van der Waals surface area (Å²) in [5.41, 5.74) is 0.511. The third-order valence-corrected chi connectivity index (χ3v) is 1.83. The molecule has 1 heterocycles. The zero-order valence-electron chi connectivity index (χ0n) is 10.6. The van der Waals surface area contributed by atoms with Crippen molar-refractivity contribution in [3.63, 3.8) is 0 Å². The highest BCUT2D eigenvalue weighted by Crippen LogP contribution is 2.06. The summed E-state index contributed by atoms with van der Waals surface area (Å²) < 4.78 is 22.5. The van der Waals surface area contributed by atoms with Gasteiger partial charge in [0.2, 0.25) is 5.82 Å². The highest BCUT2D eigenvalue weighted by molar-refractivity contribution is 6.10. The zero-order valence-corrected chi connectivity index (χ0v) is 7.57. The molecule has 0 atom stereocenters. The molecule has 0 bridgehead atoms. The second kappa shape index (κ2) is 3.87. The van der Waals surface area contributed by atoms with E-state index in [-0.39, 0.29) is 11.5 Å². The lowest BCUT2D eigenvalue weighted by Crippen LogP contribution is -2.11. The second-order valence-corrected chi connectivity index (χ2v) is 2.73. The fraction of sp³-hybridized carbons (Fsp3) is 0.111. The molecule has 76 valence electrons. The second-order valence-electron chi connectivity index (χ2n) is 2.73. The van der Waals surface area contributed by atoms with Crippen LogP contribution in [-0.4, -0.2) is 31.1 Å². The van der Waals surface area contributed by atoms with Gasteiger partial charge in [-0.05, 0) is 10.4 Å². The molecule has 0 unspecified atom stereocenters. The number of tetrazole rings is 1. The van der Waals surface area contributed by atoms with Gasteiger partial charge in [0, 0.05) is 16.7 Å². The Kier molecular flexibility index (Phi) is 1.62. The number of hydrogen-bond donors (Lipinski definition) is 1. The first-order valence-corrected chi connectivity index (χ1v) is 4.11. The average molecular weight is 206 g/mol. The molecule has 0 aliphatic carbocycles. The van der Waals surface area contributed by atoms with Crippen molar-refractivity contribution >= 4 is 5.71 Å². The molecule has 0 saturated carbocycles. The summed E-state index contributed by atoms with van der Waals surface area (Å²) in [6.45, 7) is -2.54. The van der Waals surface area contributed by atoms with Crippen LogP contribution in [0.3, 0.4) is 0 Å². The van der Waals surface area contributed by atoms with Crippen LogP contribution < -0.4 is 0 Å². The van der Waals surface area contributed by atoms with Crippen molar-refractivity contribution in [3.05, 3.63) is 41.7 Å². The number of hydrogen-bond acceptors (Lipinski definition) is 5. The van der Waals surface area contributed by atoms with Crippen molar-refractivity contribution < 1.29 is 9.32 Å². The number of oxime groups is 1. The van der Waals surface area contributed by atoms with Gasteiger partial charge in [-0.2, -0.15) is 0 Å².